The van der Waals surface area contributed by atoms with Crippen molar-refractivity contribution < 1.29 is 0 Å². The van der Waals surface area contributed by atoms with Crippen LogP contribution >= 0.6 is 0 Å². The first-order valence-corrected chi connectivity index (χ1v) is 7.03. The normalized spacial score (nSPS) is 12.8. The number of aryl methyl sites for hydroxylation is 1. The van der Waals surface area contributed by atoms with E-state index in [1.54, 1.807) is 0 Å². The van der Waals surface area contributed by atoms with E-state index in [2.05, 4.69) is 71.1 Å². The Labute approximate surface area is 113 Å². The van der Waals surface area contributed by atoms with E-state index < -0.39 is 0 Å². The van der Waals surface area contributed by atoms with Crippen LogP contribution in [0.15, 0.2) is 24.3 Å². The minimum atomic E-state index is 0.232. The van der Waals surface area contributed by atoms with Gasteiger partial charge in [-0.1, -0.05) is 45.0 Å². The van der Waals surface area contributed by atoms with Crippen molar-refractivity contribution in [1.29, 1.82) is 0 Å². The monoisotopic (exact) mass is 247 g/mol. The van der Waals surface area contributed by atoms with Gasteiger partial charge >= 0.3 is 0 Å². The van der Waals surface area contributed by atoms with Crippen LogP contribution in [0.1, 0.15) is 59.1 Å². The number of benzene rings is 1. The third-order valence-corrected chi connectivity index (χ3v) is 3.12. The molecule has 0 fully saturated rings. The second-order valence-electron chi connectivity index (χ2n) is 7.23. The fraction of sp³-hybridized carbons (Fsp3) is 0.647. The molecule has 0 heterocycles. The zero-order valence-electron chi connectivity index (χ0n) is 12.9. The van der Waals surface area contributed by atoms with E-state index in [4.69, 9.17) is 0 Å². The Hall–Kier alpha value is -0.820. The fourth-order valence-corrected chi connectivity index (χ4v) is 1.93. The van der Waals surface area contributed by atoms with E-state index >= 15 is 0 Å². The number of rotatable bonds is 4. The van der Waals surface area contributed by atoms with Crippen molar-refractivity contribution >= 4 is 0 Å². The molecule has 0 saturated heterocycles. The smallest absolute Gasteiger partial charge is 0.00965 e. The van der Waals surface area contributed by atoms with Gasteiger partial charge in [-0.2, -0.15) is 0 Å². The maximum Gasteiger partial charge on any atom is 0.00965 e. The third kappa shape index (κ3) is 5.68. The van der Waals surface area contributed by atoms with Gasteiger partial charge in [-0.15, -0.1) is 0 Å². The van der Waals surface area contributed by atoms with Crippen LogP contribution in [0.3, 0.4) is 0 Å². The molecule has 1 rings (SSSR count). The van der Waals surface area contributed by atoms with Crippen LogP contribution < -0.4 is 5.32 Å². The number of hydrogen-bond donors (Lipinski definition) is 1. The summed E-state index contributed by atoms with van der Waals surface area (Å²) < 4.78 is 0. The maximum absolute atomic E-state index is 3.53. The second-order valence-corrected chi connectivity index (χ2v) is 7.23. The van der Waals surface area contributed by atoms with Crippen LogP contribution in [0.25, 0.3) is 0 Å². The van der Waals surface area contributed by atoms with Gasteiger partial charge in [0.05, 0.1) is 0 Å². The lowest BCUT2D eigenvalue weighted by Gasteiger charge is -2.21. The van der Waals surface area contributed by atoms with Gasteiger partial charge in [0.1, 0.15) is 0 Å². The lowest BCUT2D eigenvalue weighted by atomic mass is 9.86. The van der Waals surface area contributed by atoms with E-state index in [1.807, 2.05) is 0 Å². The second kappa shape index (κ2) is 5.88. The molecule has 1 heteroatoms. The summed E-state index contributed by atoms with van der Waals surface area (Å²) in [7, 11) is 0. The van der Waals surface area contributed by atoms with Crippen LogP contribution in [0.4, 0.5) is 0 Å². The summed E-state index contributed by atoms with van der Waals surface area (Å²) in [4.78, 5) is 0. The molecular formula is C17H29N. The van der Waals surface area contributed by atoms with E-state index in [0.717, 1.165) is 13.0 Å². The Kier molecular flexibility index (Phi) is 4.98. The first-order valence-electron chi connectivity index (χ1n) is 7.03. The van der Waals surface area contributed by atoms with Crippen LogP contribution in [0.2, 0.25) is 0 Å². The van der Waals surface area contributed by atoms with Crippen LogP contribution in [0, 0.1) is 0 Å². The Balaban J connectivity index is 2.41. The van der Waals surface area contributed by atoms with Crippen molar-refractivity contribution in [1.82, 2.24) is 5.32 Å². The molecule has 0 spiro atoms. The molecule has 0 aliphatic carbocycles. The van der Waals surface area contributed by atoms with Crippen molar-refractivity contribution in [3.8, 4) is 0 Å². The highest BCUT2D eigenvalue weighted by molar-refractivity contribution is 5.27. The highest BCUT2D eigenvalue weighted by Crippen LogP contribution is 2.22. The SMILES string of the molecule is CC(C)(C)NCCCc1ccc(C(C)(C)C)cc1. The molecule has 1 N–H and O–H groups in total. The third-order valence-electron chi connectivity index (χ3n) is 3.12. The van der Waals surface area contributed by atoms with Crippen molar-refractivity contribution in [2.75, 3.05) is 6.54 Å². The summed E-state index contributed by atoms with van der Waals surface area (Å²) in [5.74, 6) is 0. The summed E-state index contributed by atoms with van der Waals surface area (Å²) in [5, 5.41) is 3.53. The van der Waals surface area contributed by atoms with Crippen molar-refractivity contribution in [2.45, 2.75) is 65.3 Å². The Morgan fingerprint density at radius 1 is 0.889 bits per heavy atom. The average Bonchev–Trinajstić information content (AvgIpc) is 2.22. The summed E-state index contributed by atoms with van der Waals surface area (Å²) in [6, 6.07) is 9.09. The van der Waals surface area contributed by atoms with Crippen LogP contribution in [-0.2, 0) is 11.8 Å². The molecule has 0 radical (unpaired) electrons. The summed E-state index contributed by atoms with van der Waals surface area (Å²) >= 11 is 0. The molecule has 0 amide bonds. The molecule has 0 aliphatic rings. The Morgan fingerprint density at radius 3 is 1.89 bits per heavy atom. The molecule has 18 heavy (non-hydrogen) atoms. The molecule has 0 bridgehead atoms. The summed E-state index contributed by atoms with van der Waals surface area (Å²) in [6.45, 7) is 14.5. The van der Waals surface area contributed by atoms with Crippen LogP contribution in [-0.4, -0.2) is 12.1 Å². The molecule has 0 aromatic heterocycles. The van der Waals surface area contributed by atoms with Gasteiger partial charge in [0.25, 0.3) is 0 Å². The Bertz CT molecular complexity index is 349. The Morgan fingerprint density at radius 2 is 1.44 bits per heavy atom. The van der Waals surface area contributed by atoms with E-state index in [-0.39, 0.29) is 11.0 Å². The van der Waals surface area contributed by atoms with Crippen molar-refractivity contribution in [2.24, 2.45) is 0 Å². The molecule has 0 aliphatic heterocycles. The summed E-state index contributed by atoms with van der Waals surface area (Å²) in [5.41, 5.74) is 3.35. The highest BCUT2D eigenvalue weighted by Gasteiger charge is 2.12. The first kappa shape index (κ1) is 15.2. The quantitative estimate of drug-likeness (QED) is 0.782. The number of nitrogens with one attached hydrogen (secondary N) is 1. The zero-order chi connectivity index (χ0) is 13.8. The first-order chi connectivity index (χ1) is 8.18. The van der Waals surface area contributed by atoms with Gasteiger partial charge in [0.2, 0.25) is 0 Å². The van der Waals surface area contributed by atoms with E-state index in [1.165, 1.54) is 17.5 Å². The standard InChI is InChI=1S/C17H29N/c1-16(2,3)15-11-9-14(10-12-15)8-7-13-18-17(4,5)6/h9-12,18H,7-8,13H2,1-6H3. The number of hydrogen-bond acceptors (Lipinski definition) is 1. The molecule has 0 unspecified atom stereocenters. The van der Waals surface area contributed by atoms with Gasteiger partial charge in [-0.05, 0) is 56.7 Å². The maximum atomic E-state index is 3.53. The molecule has 102 valence electrons. The van der Waals surface area contributed by atoms with Crippen molar-refractivity contribution in [3.63, 3.8) is 0 Å². The highest BCUT2D eigenvalue weighted by atomic mass is 14.9. The molecule has 1 nitrogen and oxygen atoms in total. The lowest BCUT2D eigenvalue weighted by Crippen LogP contribution is -2.36. The predicted molar refractivity (Wildman–Crippen MR) is 81.2 cm³/mol. The lowest BCUT2D eigenvalue weighted by molar-refractivity contribution is 0.422. The molecular weight excluding hydrogens is 218 g/mol. The van der Waals surface area contributed by atoms with E-state index in [9.17, 15) is 0 Å². The minimum absolute atomic E-state index is 0.232. The van der Waals surface area contributed by atoms with E-state index in [0.29, 0.717) is 0 Å². The minimum Gasteiger partial charge on any atom is -0.312 e. The van der Waals surface area contributed by atoms with Crippen molar-refractivity contribution in [3.05, 3.63) is 35.4 Å². The average molecular weight is 247 g/mol. The molecule has 0 saturated carbocycles. The predicted octanol–water partition coefficient (Wildman–Crippen LogP) is 4.30. The fourth-order valence-electron chi connectivity index (χ4n) is 1.93. The van der Waals surface area contributed by atoms with Gasteiger partial charge in [0, 0.05) is 5.54 Å². The largest absolute Gasteiger partial charge is 0.312 e. The molecule has 0 atom stereocenters. The topological polar surface area (TPSA) is 12.0 Å². The van der Waals surface area contributed by atoms with Crippen LogP contribution in [0.5, 0.6) is 0 Å². The van der Waals surface area contributed by atoms with Gasteiger partial charge < -0.3 is 5.32 Å². The zero-order valence-corrected chi connectivity index (χ0v) is 12.9. The summed E-state index contributed by atoms with van der Waals surface area (Å²) in [6.07, 6.45) is 2.36. The molecule has 1 aromatic carbocycles. The molecule has 1 aromatic rings. The van der Waals surface area contributed by atoms with Gasteiger partial charge in [0.15, 0.2) is 0 Å². The van der Waals surface area contributed by atoms with Gasteiger partial charge in [-0.25, -0.2) is 0 Å². The van der Waals surface area contributed by atoms with Gasteiger partial charge in [-0.3, -0.25) is 0 Å².